The van der Waals surface area contributed by atoms with Crippen LogP contribution in [0.25, 0.3) is 0 Å². The number of amides is 3. The zero-order valence-electron chi connectivity index (χ0n) is 21.2. The molecular formula is C27H39N5O4. The molecule has 9 heteroatoms. The number of aromatic nitrogens is 1. The van der Waals surface area contributed by atoms with Crippen LogP contribution in [0.3, 0.4) is 0 Å². The number of anilines is 1. The smallest absolute Gasteiger partial charge is 0.242 e. The first kappa shape index (κ1) is 25.0. The third kappa shape index (κ3) is 6.35. The molecule has 0 spiro atoms. The van der Waals surface area contributed by atoms with Crippen molar-refractivity contribution in [1.82, 2.24) is 19.7 Å². The highest BCUT2D eigenvalue weighted by molar-refractivity contribution is 5.87. The number of piperidine rings is 1. The van der Waals surface area contributed by atoms with E-state index in [1.807, 2.05) is 28.0 Å². The third-order valence-corrected chi connectivity index (χ3v) is 7.87. The molecule has 0 radical (unpaired) electrons. The van der Waals surface area contributed by atoms with Gasteiger partial charge < -0.3 is 24.3 Å². The van der Waals surface area contributed by atoms with E-state index in [4.69, 9.17) is 4.74 Å². The van der Waals surface area contributed by atoms with E-state index >= 15 is 0 Å². The van der Waals surface area contributed by atoms with Gasteiger partial charge in [-0.25, -0.2) is 4.98 Å². The standard InChI is InChI=1S/C27H39N5O4/c33-25-8-4-12-29(25)14-5-15-31-17-23(36-20-21-9-10-21)18-32(19-26(31)34)27(35)22-6-3-13-30(16-22)24-7-1-2-11-28-24/h1-2,7,11,21-23H,3-6,8-10,12-20H2/t22-,23+/m0/s1. The summed E-state index contributed by atoms with van der Waals surface area (Å²) in [5, 5.41) is 0. The van der Waals surface area contributed by atoms with Crippen molar-refractivity contribution >= 4 is 23.5 Å². The number of nitrogens with zero attached hydrogens (tertiary/aromatic N) is 5. The highest BCUT2D eigenvalue weighted by Crippen LogP contribution is 2.30. The van der Waals surface area contributed by atoms with E-state index in [1.54, 1.807) is 11.1 Å². The Bertz CT molecular complexity index is 924. The van der Waals surface area contributed by atoms with Gasteiger partial charge in [-0.1, -0.05) is 6.07 Å². The van der Waals surface area contributed by atoms with Gasteiger partial charge in [0.05, 0.1) is 18.6 Å². The summed E-state index contributed by atoms with van der Waals surface area (Å²) in [6, 6.07) is 5.85. The van der Waals surface area contributed by atoms with Gasteiger partial charge in [-0.15, -0.1) is 0 Å². The van der Waals surface area contributed by atoms with E-state index in [-0.39, 0.29) is 36.3 Å². The zero-order chi connectivity index (χ0) is 24.9. The van der Waals surface area contributed by atoms with E-state index < -0.39 is 0 Å². The summed E-state index contributed by atoms with van der Waals surface area (Å²) in [7, 11) is 0. The number of rotatable bonds is 9. The van der Waals surface area contributed by atoms with Crippen molar-refractivity contribution in [2.75, 3.05) is 63.9 Å². The molecule has 3 saturated heterocycles. The minimum absolute atomic E-state index is 0.0222. The van der Waals surface area contributed by atoms with Gasteiger partial charge in [-0.05, 0) is 56.6 Å². The number of hydrogen-bond acceptors (Lipinski definition) is 6. The average molecular weight is 498 g/mol. The molecule has 0 aromatic carbocycles. The number of likely N-dealkylation sites (tertiary alicyclic amines) is 1. The van der Waals surface area contributed by atoms with Gasteiger partial charge in [-0.3, -0.25) is 14.4 Å². The number of hydrogen-bond donors (Lipinski definition) is 0. The molecule has 1 saturated carbocycles. The highest BCUT2D eigenvalue weighted by Gasteiger charge is 2.36. The predicted octanol–water partition coefficient (Wildman–Crippen LogP) is 1.78. The number of carbonyl (C=O) groups excluding carboxylic acids is 3. The second-order valence-electron chi connectivity index (χ2n) is 10.8. The van der Waals surface area contributed by atoms with Crippen molar-refractivity contribution in [1.29, 1.82) is 0 Å². The summed E-state index contributed by atoms with van der Waals surface area (Å²) >= 11 is 0. The maximum Gasteiger partial charge on any atom is 0.242 e. The molecule has 3 amide bonds. The first-order valence-electron chi connectivity index (χ1n) is 13.7. The molecule has 36 heavy (non-hydrogen) atoms. The molecule has 4 heterocycles. The first-order valence-corrected chi connectivity index (χ1v) is 13.7. The lowest BCUT2D eigenvalue weighted by atomic mass is 9.96. The minimum Gasteiger partial charge on any atom is -0.374 e. The fourth-order valence-corrected chi connectivity index (χ4v) is 5.60. The number of carbonyl (C=O) groups is 3. The van der Waals surface area contributed by atoms with Gasteiger partial charge in [0.1, 0.15) is 5.82 Å². The fourth-order valence-electron chi connectivity index (χ4n) is 5.60. The molecule has 1 aliphatic carbocycles. The van der Waals surface area contributed by atoms with Gasteiger partial charge in [-0.2, -0.15) is 0 Å². The third-order valence-electron chi connectivity index (χ3n) is 7.87. The Morgan fingerprint density at radius 3 is 2.58 bits per heavy atom. The van der Waals surface area contributed by atoms with Crippen LogP contribution in [-0.4, -0.2) is 102 Å². The van der Waals surface area contributed by atoms with Gasteiger partial charge in [0.25, 0.3) is 0 Å². The van der Waals surface area contributed by atoms with E-state index in [0.29, 0.717) is 51.7 Å². The van der Waals surface area contributed by atoms with Crippen molar-refractivity contribution in [3.8, 4) is 0 Å². The molecule has 0 bridgehead atoms. The van der Waals surface area contributed by atoms with Gasteiger partial charge in [0.2, 0.25) is 17.7 Å². The van der Waals surface area contributed by atoms with Crippen LogP contribution in [0.15, 0.2) is 24.4 Å². The van der Waals surface area contributed by atoms with Gasteiger partial charge in [0, 0.05) is 65.0 Å². The van der Waals surface area contributed by atoms with Crippen LogP contribution < -0.4 is 4.90 Å². The van der Waals surface area contributed by atoms with Crippen molar-refractivity contribution in [2.24, 2.45) is 11.8 Å². The summed E-state index contributed by atoms with van der Waals surface area (Å²) in [4.78, 5) is 51.0. The van der Waals surface area contributed by atoms with Gasteiger partial charge in [0.15, 0.2) is 0 Å². The van der Waals surface area contributed by atoms with Gasteiger partial charge >= 0.3 is 0 Å². The Hall–Kier alpha value is -2.68. The summed E-state index contributed by atoms with van der Waals surface area (Å²) in [6.45, 7) is 5.38. The summed E-state index contributed by atoms with van der Waals surface area (Å²) < 4.78 is 6.25. The largest absolute Gasteiger partial charge is 0.374 e. The molecule has 4 aliphatic rings. The van der Waals surface area contributed by atoms with Crippen LogP contribution in [-0.2, 0) is 19.1 Å². The van der Waals surface area contributed by atoms with E-state index in [1.165, 1.54) is 12.8 Å². The van der Waals surface area contributed by atoms with Crippen LogP contribution in [0.2, 0.25) is 0 Å². The molecule has 9 nitrogen and oxygen atoms in total. The Labute approximate surface area is 213 Å². The highest BCUT2D eigenvalue weighted by atomic mass is 16.5. The molecule has 1 aromatic heterocycles. The fraction of sp³-hybridized carbons (Fsp3) is 0.704. The molecule has 0 unspecified atom stereocenters. The SMILES string of the molecule is O=C1CCCN1CCCN1C[C@@H](OCC2CC2)CN(C(=O)[C@H]2CCCN(c3ccccn3)C2)CC1=O. The van der Waals surface area contributed by atoms with E-state index in [2.05, 4.69) is 9.88 Å². The molecule has 3 aliphatic heterocycles. The van der Waals surface area contributed by atoms with Crippen molar-refractivity contribution in [2.45, 2.75) is 51.0 Å². The molecular weight excluding hydrogens is 458 g/mol. The average Bonchev–Trinajstić information content (AvgIpc) is 3.67. The Kier molecular flexibility index (Phi) is 8.04. The number of ether oxygens (including phenoxy) is 1. The van der Waals surface area contributed by atoms with Crippen LogP contribution in [0, 0.1) is 11.8 Å². The Balaban J connectivity index is 1.21. The van der Waals surface area contributed by atoms with Crippen molar-refractivity contribution < 1.29 is 19.1 Å². The van der Waals surface area contributed by atoms with E-state index in [9.17, 15) is 14.4 Å². The lowest BCUT2D eigenvalue weighted by molar-refractivity contribution is -0.141. The molecule has 5 rings (SSSR count). The Morgan fingerprint density at radius 2 is 1.83 bits per heavy atom. The predicted molar refractivity (Wildman–Crippen MR) is 135 cm³/mol. The quantitative estimate of drug-likeness (QED) is 0.517. The van der Waals surface area contributed by atoms with E-state index in [0.717, 1.165) is 44.6 Å². The second-order valence-corrected chi connectivity index (χ2v) is 10.8. The molecule has 0 N–H and O–H groups in total. The summed E-state index contributed by atoms with van der Waals surface area (Å²) in [5.41, 5.74) is 0. The Morgan fingerprint density at radius 1 is 0.972 bits per heavy atom. The monoisotopic (exact) mass is 497 g/mol. The summed E-state index contributed by atoms with van der Waals surface area (Å²) in [5.74, 6) is 1.61. The van der Waals surface area contributed by atoms with Crippen LogP contribution >= 0.6 is 0 Å². The number of pyridine rings is 1. The molecule has 196 valence electrons. The maximum absolute atomic E-state index is 13.7. The first-order chi connectivity index (χ1) is 17.6. The molecule has 1 aromatic rings. The zero-order valence-corrected chi connectivity index (χ0v) is 21.2. The summed E-state index contributed by atoms with van der Waals surface area (Å²) in [6.07, 6.45) is 8.08. The van der Waals surface area contributed by atoms with Crippen LogP contribution in [0.5, 0.6) is 0 Å². The van der Waals surface area contributed by atoms with Crippen molar-refractivity contribution in [3.63, 3.8) is 0 Å². The molecule has 4 fully saturated rings. The van der Waals surface area contributed by atoms with Crippen LogP contribution in [0.1, 0.15) is 44.9 Å². The van der Waals surface area contributed by atoms with Crippen molar-refractivity contribution in [3.05, 3.63) is 24.4 Å². The normalized spacial score (nSPS) is 25.4. The van der Waals surface area contributed by atoms with Crippen LogP contribution in [0.4, 0.5) is 5.82 Å². The lowest BCUT2D eigenvalue weighted by Crippen LogP contribution is -2.48. The minimum atomic E-state index is -0.176. The topological polar surface area (TPSA) is 86.3 Å². The second kappa shape index (κ2) is 11.6. The lowest BCUT2D eigenvalue weighted by Gasteiger charge is -2.35. The molecule has 2 atom stereocenters. The maximum atomic E-state index is 13.7.